The van der Waals surface area contributed by atoms with Gasteiger partial charge >= 0.3 is 0 Å². The van der Waals surface area contributed by atoms with Gasteiger partial charge in [0, 0.05) is 26.4 Å². The normalized spacial score (nSPS) is 9.50. The summed E-state index contributed by atoms with van der Waals surface area (Å²) in [6.45, 7) is 0. The summed E-state index contributed by atoms with van der Waals surface area (Å²) in [5.74, 6) is 2.56. The second kappa shape index (κ2) is 5.52. The summed E-state index contributed by atoms with van der Waals surface area (Å²) < 4.78 is 1.88. The van der Waals surface area contributed by atoms with Gasteiger partial charge in [-0.2, -0.15) is 0 Å². The van der Waals surface area contributed by atoms with Crippen LogP contribution in [-0.4, -0.2) is 5.78 Å². The van der Waals surface area contributed by atoms with Crippen molar-refractivity contribution >= 4 is 44.3 Å². The summed E-state index contributed by atoms with van der Waals surface area (Å²) in [5.41, 5.74) is 0.715. The molecular weight excluding hydrogens is 355 g/mol. The first-order chi connectivity index (χ1) is 6.65. The number of carbonyl (C=O) groups is 1. The van der Waals surface area contributed by atoms with Crippen molar-refractivity contribution in [2.45, 2.75) is 12.8 Å². The number of ketones is 1. The maximum atomic E-state index is 11.6. The quantitative estimate of drug-likeness (QED) is 0.455. The maximum absolute atomic E-state index is 11.6. The van der Waals surface area contributed by atoms with Gasteiger partial charge in [-0.15, -0.1) is 12.3 Å². The highest BCUT2D eigenvalue weighted by Crippen LogP contribution is 2.21. The van der Waals surface area contributed by atoms with E-state index in [0.29, 0.717) is 18.4 Å². The van der Waals surface area contributed by atoms with Gasteiger partial charge in [0.25, 0.3) is 0 Å². The summed E-state index contributed by atoms with van der Waals surface area (Å²) in [4.78, 5) is 11.6. The fourth-order valence-corrected chi connectivity index (χ4v) is 1.99. The molecule has 0 saturated heterocycles. The summed E-state index contributed by atoms with van der Waals surface area (Å²) in [7, 11) is 0. The molecule has 0 bridgehead atoms. The predicted octanol–water partition coefficient (Wildman–Crippen LogP) is 3.65. The molecule has 1 rings (SSSR count). The number of Topliss-reactive ketones (excluding diaryl/α,β-unsaturated/α-hetero) is 1. The minimum absolute atomic E-state index is 0.0911. The van der Waals surface area contributed by atoms with E-state index in [1.165, 1.54) is 0 Å². The Labute approximate surface area is 106 Å². The molecule has 0 unspecified atom stereocenters. The monoisotopic (exact) mass is 362 g/mol. The Hall–Kier alpha value is -0.340. The highest BCUT2D eigenvalue weighted by atomic mass is 127. The van der Waals surface area contributed by atoms with Gasteiger partial charge in [-0.25, -0.2) is 0 Å². The molecule has 0 aliphatic carbocycles. The maximum Gasteiger partial charge on any atom is 0.164 e. The lowest BCUT2D eigenvalue weighted by atomic mass is 10.1. The van der Waals surface area contributed by atoms with E-state index in [9.17, 15) is 4.79 Å². The van der Waals surface area contributed by atoms with E-state index < -0.39 is 0 Å². The average molecular weight is 363 g/mol. The number of halogens is 2. The molecule has 0 aromatic heterocycles. The van der Waals surface area contributed by atoms with Gasteiger partial charge in [-0.05, 0) is 40.8 Å². The number of hydrogen-bond acceptors (Lipinski definition) is 1. The zero-order valence-electron chi connectivity index (χ0n) is 7.39. The Kier molecular flexibility index (Phi) is 4.63. The summed E-state index contributed by atoms with van der Waals surface area (Å²) >= 11 is 5.53. The third-order valence-electron chi connectivity index (χ3n) is 1.73. The van der Waals surface area contributed by atoms with Crippen LogP contribution >= 0.6 is 38.5 Å². The number of benzene rings is 1. The molecular formula is C11H8BrIO. The van der Waals surface area contributed by atoms with E-state index in [1.54, 1.807) is 0 Å². The standard InChI is InChI=1S/C11H8BrIO/c1-2-3-4-11(14)9-7-8(13)5-6-10(9)12/h1,5-7H,3-4H2. The van der Waals surface area contributed by atoms with Crippen LogP contribution in [0.1, 0.15) is 23.2 Å². The Morgan fingerprint density at radius 2 is 2.29 bits per heavy atom. The van der Waals surface area contributed by atoms with E-state index in [2.05, 4.69) is 44.4 Å². The molecule has 0 aliphatic heterocycles. The van der Waals surface area contributed by atoms with Crippen molar-refractivity contribution in [1.82, 2.24) is 0 Å². The van der Waals surface area contributed by atoms with Gasteiger partial charge in [-0.1, -0.05) is 15.9 Å². The fraction of sp³-hybridized carbons (Fsp3) is 0.182. The van der Waals surface area contributed by atoms with Crippen LogP contribution in [0.2, 0.25) is 0 Å². The molecule has 0 aliphatic rings. The first-order valence-electron chi connectivity index (χ1n) is 4.07. The number of hydrogen-bond donors (Lipinski definition) is 0. The molecule has 0 saturated carbocycles. The van der Waals surface area contributed by atoms with Crippen LogP contribution < -0.4 is 0 Å². The van der Waals surface area contributed by atoms with Crippen LogP contribution in [0.15, 0.2) is 22.7 Å². The van der Waals surface area contributed by atoms with Crippen LogP contribution in [0, 0.1) is 15.9 Å². The average Bonchev–Trinajstić information content (AvgIpc) is 2.18. The Balaban J connectivity index is 2.90. The van der Waals surface area contributed by atoms with Crippen LogP contribution in [0.3, 0.4) is 0 Å². The molecule has 1 nitrogen and oxygen atoms in total. The zero-order chi connectivity index (χ0) is 10.6. The molecule has 0 fully saturated rings. The van der Waals surface area contributed by atoms with Crippen molar-refractivity contribution in [3.63, 3.8) is 0 Å². The number of terminal acetylenes is 1. The van der Waals surface area contributed by atoms with E-state index in [0.717, 1.165) is 8.04 Å². The van der Waals surface area contributed by atoms with Gasteiger partial charge in [0.2, 0.25) is 0 Å². The van der Waals surface area contributed by atoms with Crippen LogP contribution in [0.4, 0.5) is 0 Å². The summed E-state index contributed by atoms with van der Waals surface area (Å²) in [6, 6.07) is 5.69. The lowest BCUT2D eigenvalue weighted by molar-refractivity contribution is 0.0983. The molecule has 0 radical (unpaired) electrons. The first-order valence-corrected chi connectivity index (χ1v) is 5.94. The van der Waals surface area contributed by atoms with Crippen LogP contribution in [0.25, 0.3) is 0 Å². The fourth-order valence-electron chi connectivity index (χ4n) is 1.03. The third-order valence-corrected chi connectivity index (χ3v) is 3.09. The smallest absolute Gasteiger partial charge is 0.164 e. The Morgan fingerprint density at radius 3 is 2.93 bits per heavy atom. The molecule has 0 amide bonds. The molecule has 0 spiro atoms. The van der Waals surface area contributed by atoms with Gasteiger partial charge in [-0.3, -0.25) is 4.79 Å². The predicted molar refractivity (Wildman–Crippen MR) is 69.3 cm³/mol. The van der Waals surface area contributed by atoms with Crippen molar-refractivity contribution in [3.05, 3.63) is 31.8 Å². The van der Waals surface area contributed by atoms with Crippen LogP contribution in [-0.2, 0) is 0 Å². The van der Waals surface area contributed by atoms with Crippen molar-refractivity contribution in [2.24, 2.45) is 0 Å². The SMILES string of the molecule is C#CCCC(=O)c1cc(I)ccc1Br. The van der Waals surface area contributed by atoms with Gasteiger partial charge in [0.15, 0.2) is 5.78 Å². The minimum atomic E-state index is 0.0911. The molecule has 72 valence electrons. The van der Waals surface area contributed by atoms with Crippen molar-refractivity contribution in [1.29, 1.82) is 0 Å². The van der Waals surface area contributed by atoms with Gasteiger partial charge < -0.3 is 0 Å². The van der Waals surface area contributed by atoms with Crippen molar-refractivity contribution in [2.75, 3.05) is 0 Å². The molecule has 0 heterocycles. The zero-order valence-corrected chi connectivity index (χ0v) is 11.1. The lowest BCUT2D eigenvalue weighted by Gasteiger charge is -2.02. The largest absolute Gasteiger partial charge is 0.294 e. The lowest BCUT2D eigenvalue weighted by Crippen LogP contribution is -2.00. The second-order valence-corrected chi connectivity index (χ2v) is 4.85. The molecule has 14 heavy (non-hydrogen) atoms. The summed E-state index contributed by atoms with van der Waals surface area (Å²) in [5, 5.41) is 0. The molecule has 1 aromatic carbocycles. The van der Waals surface area contributed by atoms with Crippen LogP contribution in [0.5, 0.6) is 0 Å². The third kappa shape index (κ3) is 3.10. The van der Waals surface area contributed by atoms with E-state index in [1.807, 2.05) is 18.2 Å². The van der Waals surface area contributed by atoms with Crippen molar-refractivity contribution in [3.8, 4) is 12.3 Å². The van der Waals surface area contributed by atoms with E-state index >= 15 is 0 Å². The topological polar surface area (TPSA) is 17.1 Å². The van der Waals surface area contributed by atoms with E-state index in [4.69, 9.17) is 6.42 Å². The van der Waals surface area contributed by atoms with Gasteiger partial charge in [0.05, 0.1) is 0 Å². The molecule has 0 N–H and O–H groups in total. The highest BCUT2D eigenvalue weighted by Gasteiger charge is 2.09. The second-order valence-electron chi connectivity index (χ2n) is 2.75. The summed E-state index contributed by atoms with van der Waals surface area (Å²) in [6.07, 6.45) is 6.02. The van der Waals surface area contributed by atoms with Gasteiger partial charge in [0.1, 0.15) is 0 Å². The number of carbonyl (C=O) groups excluding carboxylic acids is 1. The number of rotatable bonds is 3. The minimum Gasteiger partial charge on any atom is -0.294 e. The van der Waals surface area contributed by atoms with Crippen molar-refractivity contribution < 1.29 is 4.79 Å². The molecule has 1 aromatic rings. The highest BCUT2D eigenvalue weighted by molar-refractivity contribution is 14.1. The Bertz CT molecular complexity index is 393. The first kappa shape index (κ1) is 11.7. The molecule has 3 heteroatoms. The molecule has 0 atom stereocenters. The Morgan fingerprint density at radius 1 is 1.57 bits per heavy atom. The van der Waals surface area contributed by atoms with E-state index in [-0.39, 0.29) is 5.78 Å².